The number of aromatic nitrogens is 1. The molecule has 0 radical (unpaired) electrons. The highest BCUT2D eigenvalue weighted by atomic mass is 35.5. The first-order chi connectivity index (χ1) is 14.2. The number of benzene rings is 3. The fourth-order valence-electron chi connectivity index (χ4n) is 3.45. The number of carbonyl (C=O) groups excluding carboxylic acids is 1. The van der Waals surface area contributed by atoms with Crippen molar-refractivity contribution in [1.82, 2.24) is 10.3 Å². The second-order valence-corrected chi connectivity index (χ2v) is 7.22. The number of amides is 1. The molecular formula is C24H21ClN2O2. The molecule has 0 saturated heterocycles. The van der Waals surface area contributed by atoms with Gasteiger partial charge in [-0.25, -0.2) is 0 Å². The van der Waals surface area contributed by atoms with E-state index in [0.717, 1.165) is 39.8 Å². The minimum absolute atomic E-state index is 0.0885. The molecule has 0 fully saturated rings. The second kappa shape index (κ2) is 8.41. The summed E-state index contributed by atoms with van der Waals surface area (Å²) in [6.45, 7) is 0.548. The minimum atomic E-state index is -0.0885. The lowest BCUT2D eigenvalue weighted by Crippen LogP contribution is -2.25. The molecule has 0 spiro atoms. The molecule has 4 nitrogen and oxygen atoms in total. The molecule has 1 heterocycles. The lowest BCUT2D eigenvalue weighted by atomic mass is 10.0. The van der Waals surface area contributed by atoms with E-state index in [1.165, 1.54) is 0 Å². The van der Waals surface area contributed by atoms with E-state index < -0.39 is 0 Å². The van der Waals surface area contributed by atoms with Crippen LogP contribution in [0.15, 0.2) is 72.9 Å². The lowest BCUT2D eigenvalue weighted by molar-refractivity contribution is 0.0954. The topological polar surface area (TPSA) is 54.1 Å². The third kappa shape index (κ3) is 4.13. The van der Waals surface area contributed by atoms with E-state index in [-0.39, 0.29) is 5.91 Å². The first-order valence-corrected chi connectivity index (χ1v) is 9.80. The summed E-state index contributed by atoms with van der Waals surface area (Å²) in [5, 5.41) is 4.78. The molecular weight excluding hydrogens is 384 g/mol. The number of para-hydroxylation sites is 1. The Hall–Kier alpha value is -3.24. The molecule has 4 rings (SSSR count). The number of rotatable bonds is 6. The van der Waals surface area contributed by atoms with Gasteiger partial charge in [-0.05, 0) is 53.9 Å². The van der Waals surface area contributed by atoms with E-state index >= 15 is 0 Å². The summed E-state index contributed by atoms with van der Waals surface area (Å²) in [6, 6.07) is 21.1. The van der Waals surface area contributed by atoms with E-state index in [4.69, 9.17) is 16.3 Å². The summed E-state index contributed by atoms with van der Waals surface area (Å²) >= 11 is 6.10. The fourth-order valence-corrected chi connectivity index (χ4v) is 3.63. The van der Waals surface area contributed by atoms with Crippen molar-refractivity contribution in [1.29, 1.82) is 0 Å². The summed E-state index contributed by atoms with van der Waals surface area (Å²) in [5.74, 6) is 0.720. The Balaban J connectivity index is 1.40. The Kier molecular flexibility index (Phi) is 5.54. The van der Waals surface area contributed by atoms with Crippen molar-refractivity contribution in [3.05, 3.63) is 89.1 Å². The van der Waals surface area contributed by atoms with Crippen molar-refractivity contribution in [2.45, 2.75) is 6.42 Å². The zero-order valence-electron chi connectivity index (χ0n) is 16.0. The van der Waals surface area contributed by atoms with Gasteiger partial charge in [0.05, 0.1) is 7.11 Å². The summed E-state index contributed by atoms with van der Waals surface area (Å²) < 4.78 is 5.41. The summed E-state index contributed by atoms with van der Waals surface area (Å²) in [5.41, 5.74) is 4.82. The van der Waals surface area contributed by atoms with Crippen LogP contribution in [-0.4, -0.2) is 24.5 Å². The third-order valence-corrected chi connectivity index (χ3v) is 5.21. The van der Waals surface area contributed by atoms with Crippen LogP contribution in [-0.2, 0) is 6.42 Å². The average molecular weight is 405 g/mol. The SMILES string of the molecule is COc1ccccc1-c1ccc(C(=O)NCCc2c[nH]c3ccc(Cl)cc23)cc1. The standard InChI is InChI=1S/C24H21ClN2O2/c1-29-23-5-3-2-4-20(23)16-6-8-17(9-7-16)24(28)26-13-12-18-15-27-22-11-10-19(25)14-21(18)22/h2-11,14-15,27H,12-13H2,1H3,(H,26,28). The number of fused-ring (bicyclic) bond motifs is 1. The van der Waals surface area contributed by atoms with Crippen LogP contribution in [0.2, 0.25) is 5.02 Å². The molecule has 0 bridgehead atoms. The smallest absolute Gasteiger partial charge is 0.251 e. The van der Waals surface area contributed by atoms with E-state index in [0.29, 0.717) is 17.1 Å². The van der Waals surface area contributed by atoms with Crippen LogP contribution >= 0.6 is 11.6 Å². The van der Waals surface area contributed by atoms with Gasteiger partial charge < -0.3 is 15.0 Å². The maximum absolute atomic E-state index is 12.5. The van der Waals surface area contributed by atoms with Crippen LogP contribution in [0.25, 0.3) is 22.0 Å². The molecule has 0 unspecified atom stereocenters. The number of nitrogens with one attached hydrogen (secondary N) is 2. The maximum Gasteiger partial charge on any atom is 0.251 e. The Morgan fingerprint density at radius 3 is 2.66 bits per heavy atom. The van der Waals surface area contributed by atoms with E-state index in [1.54, 1.807) is 7.11 Å². The van der Waals surface area contributed by atoms with E-state index in [2.05, 4.69) is 10.3 Å². The Morgan fingerprint density at radius 1 is 1.07 bits per heavy atom. The predicted octanol–water partition coefficient (Wildman–Crippen LogP) is 5.47. The molecule has 0 atom stereocenters. The van der Waals surface area contributed by atoms with Gasteiger partial charge in [0.2, 0.25) is 0 Å². The molecule has 29 heavy (non-hydrogen) atoms. The van der Waals surface area contributed by atoms with Crippen LogP contribution in [0.5, 0.6) is 5.75 Å². The Morgan fingerprint density at radius 2 is 1.86 bits per heavy atom. The van der Waals surface area contributed by atoms with Crippen molar-refractivity contribution in [3.63, 3.8) is 0 Å². The highest BCUT2D eigenvalue weighted by molar-refractivity contribution is 6.31. The quantitative estimate of drug-likeness (QED) is 0.447. The number of carbonyl (C=O) groups is 1. The first-order valence-electron chi connectivity index (χ1n) is 9.43. The average Bonchev–Trinajstić information content (AvgIpc) is 3.15. The maximum atomic E-state index is 12.5. The molecule has 4 aromatic rings. The molecule has 3 aromatic carbocycles. The second-order valence-electron chi connectivity index (χ2n) is 6.79. The van der Waals surface area contributed by atoms with Gasteiger partial charge in [-0.1, -0.05) is 41.9 Å². The van der Waals surface area contributed by atoms with Gasteiger partial charge in [0, 0.05) is 39.8 Å². The lowest BCUT2D eigenvalue weighted by Gasteiger charge is -2.09. The van der Waals surface area contributed by atoms with E-state index in [1.807, 2.05) is 72.9 Å². The van der Waals surface area contributed by atoms with Crippen LogP contribution in [0.4, 0.5) is 0 Å². The summed E-state index contributed by atoms with van der Waals surface area (Å²) in [7, 11) is 1.66. The van der Waals surface area contributed by atoms with E-state index in [9.17, 15) is 4.79 Å². The van der Waals surface area contributed by atoms with Crippen molar-refractivity contribution < 1.29 is 9.53 Å². The summed E-state index contributed by atoms with van der Waals surface area (Å²) in [6.07, 6.45) is 2.70. The highest BCUT2D eigenvalue weighted by Gasteiger charge is 2.09. The van der Waals surface area contributed by atoms with Gasteiger partial charge in [0.25, 0.3) is 5.91 Å². The fraction of sp³-hybridized carbons (Fsp3) is 0.125. The van der Waals surface area contributed by atoms with Crippen molar-refractivity contribution >= 4 is 28.4 Å². The van der Waals surface area contributed by atoms with Crippen LogP contribution < -0.4 is 10.1 Å². The number of methoxy groups -OCH3 is 1. The minimum Gasteiger partial charge on any atom is -0.496 e. The molecule has 0 aliphatic carbocycles. The number of aromatic amines is 1. The zero-order chi connectivity index (χ0) is 20.2. The number of H-pyrrole nitrogens is 1. The van der Waals surface area contributed by atoms with Gasteiger partial charge in [-0.2, -0.15) is 0 Å². The van der Waals surface area contributed by atoms with Crippen LogP contribution in [0.3, 0.4) is 0 Å². The number of halogens is 1. The monoisotopic (exact) mass is 404 g/mol. The zero-order valence-corrected chi connectivity index (χ0v) is 16.8. The molecule has 0 aliphatic heterocycles. The normalized spacial score (nSPS) is 10.8. The number of ether oxygens (including phenoxy) is 1. The molecule has 2 N–H and O–H groups in total. The predicted molar refractivity (Wildman–Crippen MR) is 118 cm³/mol. The van der Waals surface area contributed by atoms with Gasteiger partial charge in [-0.15, -0.1) is 0 Å². The van der Waals surface area contributed by atoms with Gasteiger partial charge in [-0.3, -0.25) is 4.79 Å². The third-order valence-electron chi connectivity index (χ3n) is 4.97. The Labute approximate surface area is 174 Å². The van der Waals surface area contributed by atoms with Crippen LogP contribution in [0.1, 0.15) is 15.9 Å². The highest BCUT2D eigenvalue weighted by Crippen LogP contribution is 2.29. The largest absolute Gasteiger partial charge is 0.496 e. The molecule has 146 valence electrons. The van der Waals surface area contributed by atoms with Gasteiger partial charge in [0.15, 0.2) is 0 Å². The van der Waals surface area contributed by atoms with Gasteiger partial charge in [0.1, 0.15) is 5.75 Å². The van der Waals surface area contributed by atoms with Gasteiger partial charge >= 0.3 is 0 Å². The van der Waals surface area contributed by atoms with Crippen LogP contribution in [0, 0.1) is 0 Å². The van der Waals surface area contributed by atoms with Crippen molar-refractivity contribution in [3.8, 4) is 16.9 Å². The van der Waals surface area contributed by atoms with Crippen molar-refractivity contribution in [2.24, 2.45) is 0 Å². The number of hydrogen-bond donors (Lipinski definition) is 2. The van der Waals surface area contributed by atoms with Crippen molar-refractivity contribution in [2.75, 3.05) is 13.7 Å². The molecule has 0 aliphatic rings. The molecule has 1 amide bonds. The molecule has 1 aromatic heterocycles. The molecule has 5 heteroatoms. The summed E-state index contributed by atoms with van der Waals surface area (Å²) in [4.78, 5) is 15.7. The number of hydrogen-bond acceptors (Lipinski definition) is 2. The first kappa shape index (κ1) is 19.1. The molecule has 0 saturated carbocycles. The Bertz CT molecular complexity index is 1150.